The van der Waals surface area contributed by atoms with E-state index in [0.29, 0.717) is 0 Å². The van der Waals surface area contributed by atoms with Crippen LogP contribution in [-0.2, 0) is 6.54 Å². The molecule has 0 aliphatic carbocycles. The van der Waals surface area contributed by atoms with Crippen molar-refractivity contribution in [1.29, 1.82) is 0 Å². The summed E-state index contributed by atoms with van der Waals surface area (Å²) in [7, 11) is 0. The Kier molecular flexibility index (Phi) is 2.86. The predicted molar refractivity (Wildman–Crippen MR) is 79.6 cm³/mol. The summed E-state index contributed by atoms with van der Waals surface area (Å²) in [4.78, 5) is 0. The van der Waals surface area contributed by atoms with Crippen molar-refractivity contribution < 1.29 is 9.71 Å². The smallest absolute Gasteiger partial charge is 0.153 e. The topological polar surface area (TPSA) is 21.5 Å². The van der Waals surface area contributed by atoms with Gasteiger partial charge in [0.25, 0.3) is 0 Å². The SMILES string of the molecule is Fc1cccc(C2[NH2+]Cc3ccccc3-n3cccc32)c1. The molecule has 2 N–H and O–H groups in total. The number of benzene rings is 2. The van der Waals surface area contributed by atoms with Crippen LogP contribution in [0.1, 0.15) is 22.9 Å². The first-order chi connectivity index (χ1) is 10.3. The Balaban J connectivity index is 1.87. The van der Waals surface area contributed by atoms with Gasteiger partial charge in [0.15, 0.2) is 6.04 Å². The van der Waals surface area contributed by atoms with Crippen molar-refractivity contribution in [2.24, 2.45) is 0 Å². The first kappa shape index (κ1) is 12.4. The molecule has 2 nitrogen and oxygen atoms in total. The molecule has 0 amide bonds. The van der Waals surface area contributed by atoms with Gasteiger partial charge in [-0.2, -0.15) is 0 Å². The van der Waals surface area contributed by atoms with E-state index in [4.69, 9.17) is 0 Å². The summed E-state index contributed by atoms with van der Waals surface area (Å²) in [6.07, 6.45) is 2.08. The molecule has 1 aromatic heterocycles. The van der Waals surface area contributed by atoms with Gasteiger partial charge in [-0.1, -0.05) is 30.3 Å². The Hall–Kier alpha value is -2.39. The maximum Gasteiger partial charge on any atom is 0.153 e. The minimum Gasteiger partial charge on any atom is -0.331 e. The highest BCUT2D eigenvalue weighted by Gasteiger charge is 2.26. The van der Waals surface area contributed by atoms with E-state index in [9.17, 15) is 4.39 Å². The maximum absolute atomic E-state index is 13.6. The molecule has 0 bridgehead atoms. The van der Waals surface area contributed by atoms with Crippen LogP contribution in [-0.4, -0.2) is 4.57 Å². The number of hydrogen-bond acceptors (Lipinski definition) is 0. The maximum atomic E-state index is 13.6. The van der Waals surface area contributed by atoms with Crippen molar-refractivity contribution in [1.82, 2.24) is 4.57 Å². The molecule has 0 saturated carbocycles. The third-order valence-electron chi connectivity index (χ3n) is 4.13. The number of nitrogens with zero attached hydrogens (tertiary/aromatic N) is 1. The van der Waals surface area contributed by atoms with E-state index in [-0.39, 0.29) is 11.9 Å². The molecule has 0 radical (unpaired) electrons. The van der Waals surface area contributed by atoms with Crippen molar-refractivity contribution in [2.75, 3.05) is 0 Å². The second-order valence-corrected chi connectivity index (χ2v) is 5.40. The van der Waals surface area contributed by atoms with Crippen molar-refractivity contribution in [3.05, 3.63) is 89.5 Å². The highest BCUT2D eigenvalue weighted by molar-refractivity contribution is 5.45. The highest BCUT2D eigenvalue weighted by Crippen LogP contribution is 2.26. The van der Waals surface area contributed by atoms with Crippen LogP contribution in [0.3, 0.4) is 0 Å². The molecule has 3 heteroatoms. The Morgan fingerprint density at radius 2 is 1.90 bits per heavy atom. The zero-order chi connectivity index (χ0) is 14.2. The number of para-hydroxylation sites is 1. The van der Waals surface area contributed by atoms with Gasteiger partial charge in [0, 0.05) is 17.3 Å². The molecule has 104 valence electrons. The second kappa shape index (κ2) is 4.86. The van der Waals surface area contributed by atoms with Gasteiger partial charge >= 0.3 is 0 Å². The number of fused-ring (bicyclic) bond motifs is 3. The molecule has 3 aromatic rings. The molecule has 1 unspecified atom stereocenters. The summed E-state index contributed by atoms with van der Waals surface area (Å²) in [5, 5.41) is 2.27. The van der Waals surface area contributed by atoms with Crippen LogP contribution >= 0.6 is 0 Å². The predicted octanol–water partition coefficient (Wildman–Crippen LogP) is 2.78. The standard InChI is InChI=1S/C18H15FN2/c19-15-7-3-6-13(11-15)18-17-9-4-10-21(17)16-8-2-1-5-14(16)12-20-18/h1-11,18,20H,12H2/p+1. The van der Waals surface area contributed by atoms with Crippen LogP contribution in [0.25, 0.3) is 5.69 Å². The molecule has 1 aliphatic heterocycles. The van der Waals surface area contributed by atoms with Gasteiger partial charge in [0.2, 0.25) is 0 Å². The largest absolute Gasteiger partial charge is 0.331 e. The molecular weight excluding hydrogens is 263 g/mol. The average molecular weight is 279 g/mol. The van der Waals surface area contributed by atoms with E-state index >= 15 is 0 Å². The lowest BCUT2D eigenvalue weighted by molar-refractivity contribution is -0.702. The van der Waals surface area contributed by atoms with E-state index < -0.39 is 0 Å². The quantitative estimate of drug-likeness (QED) is 0.707. The number of nitrogens with two attached hydrogens (primary N) is 1. The Bertz CT molecular complexity index is 791. The second-order valence-electron chi connectivity index (χ2n) is 5.40. The lowest BCUT2D eigenvalue weighted by Gasteiger charge is -2.14. The monoisotopic (exact) mass is 279 g/mol. The number of rotatable bonds is 1. The van der Waals surface area contributed by atoms with Crippen LogP contribution in [0.2, 0.25) is 0 Å². The van der Waals surface area contributed by atoms with Crippen molar-refractivity contribution in [3.8, 4) is 5.69 Å². The van der Waals surface area contributed by atoms with Crippen LogP contribution in [0, 0.1) is 5.82 Å². The van der Waals surface area contributed by atoms with Gasteiger partial charge in [-0.3, -0.25) is 0 Å². The molecule has 2 heterocycles. The summed E-state index contributed by atoms with van der Waals surface area (Å²) in [6.45, 7) is 0.888. The Morgan fingerprint density at radius 1 is 1.00 bits per heavy atom. The van der Waals surface area contributed by atoms with Crippen LogP contribution in [0.5, 0.6) is 0 Å². The first-order valence-corrected chi connectivity index (χ1v) is 7.17. The van der Waals surface area contributed by atoms with Gasteiger partial charge in [0.1, 0.15) is 12.4 Å². The highest BCUT2D eigenvalue weighted by atomic mass is 19.1. The normalized spacial score (nSPS) is 16.9. The minimum absolute atomic E-state index is 0.114. The third kappa shape index (κ3) is 2.06. The fourth-order valence-corrected chi connectivity index (χ4v) is 3.16. The number of aromatic nitrogens is 1. The van der Waals surface area contributed by atoms with E-state index in [1.807, 2.05) is 6.07 Å². The summed E-state index contributed by atoms with van der Waals surface area (Å²) in [6, 6.07) is 19.6. The van der Waals surface area contributed by atoms with Gasteiger partial charge in [0.05, 0.1) is 11.4 Å². The first-order valence-electron chi connectivity index (χ1n) is 7.17. The lowest BCUT2D eigenvalue weighted by Crippen LogP contribution is -2.83. The minimum atomic E-state index is -0.180. The van der Waals surface area contributed by atoms with Gasteiger partial charge in [-0.25, -0.2) is 4.39 Å². The van der Waals surface area contributed by atoms with Crippen molar-refractivity contribution in [3.63, 3.8) is 0 Å². The average Bonchev–Trinajstić information content (AvgIpc) is 2.92. The summed E-state index contributed by atoms with van der Waals surface area (Å²) >= 11 is 0. The van der Waals surface area contributed by atoms with E-state index in [0.717, 1.165) is 12.1 Å². The van der Waals surface area contributed by atoms with Gasteiger partial charge in [-0.05, 0) is 30.3 Å². The fourth-order valence-electron chi connectivity index (χ4n) is 3.16. The molecule has 4 rings (SSSR count). The molecule has 0 saturated heterocycles. The molecule has 1 atom stereocenters. The number of halogens is 1. The van der Waals surface area contributed by atoms with E-state index in [1.54, 1.807) is 12.1 Å². The Labute approximate surface area is 122 Å². The summed E-state index contributed by atoms with van der Waals surface area (Å²) < 4.78 is 15.8. The molecule has 1 aliphatic rings. The number of quaternary nitrogens is 1. The lowest BCUT2D eigenvalue weighted by atomic mass is 10.0. The van der Waals surface area contributed by atoms with Gasteiger partial charge in [-0.15, -0.1) is 0 Å². The summed E-state index contributed by atoms with van der Waals surface area (Å²) in [5.41, 5.74) is 4.70. The molecular formula is C18H16FN2+. The van der Waals surface area contributed by atoms with Crippen molar-refractivity contribution in [2.45, 2.75) is 12.6 Å². The summed E-state index contributed by atoms with van der Waals surface area (Å²) in [5.74, 6) is -0.180. The van der Waals surface area contributed by atoms with E-state index in [2.05, 4.69) is 52.5 Å². The molecule has 0 fully saturated rings. The van der Waals surface area contributed by atoms with E-state index in [1.165, 1.54) is 23.0 Å². The van der Waals surface area contributed by atoms with Crippen LogP contribution in [0.4, 0.5) is 4.39 Å². The molecule has 2 aromatic carbocycles. The zero-order valence-corrected chi connectivity index (χ0v) is 11.5. The van der Waals surface area contributed by atoms with Gasteiger partial charge < -0.3 is 9.88 Å². The third-order valence-corrected chi connectivity index (χ3v) is 4.13. The zero-order valence-electron chi connectivity index (χ0n) is 11.5. The Morgan fingerprint density at radius 3 is 2.81 bits per heavy atom. The van der Waals surface area contributed by atoms with Crippen LogP contribution in [0.15, 0.2) is 66.9 Å². The molecule has 21 heavy (non-hydrogen) atoms. The fraction of sp³-hybridized carbons (Fsp3) is 0.111. The molecule has 0 spiro atoms. The number of hydrogen-bond donors (Lipinski definition) is 1. The van der Waals surface area contributed by atoms with Crippen molar-refractivity contribution >= 4 is 0 Å². The van der Waals surface area contributed by atoms with Crippen LogP contribution < -0.4 is 5.32 Å².